The van der Waals surface area contributed by atoms with Gasteiger partial charge >= 0.3 is 7.12 Å². The molecule has 0 aromatic carbocycles. The highest BCUT2D eigenvalue weighted by atomic mass is 16.7. The summed E-state index contributed by atoms with van der Waals surface area (Å²) in [5, 5.41) is 0. The maximum Gasteiger partial charge on any atom is 0.461 e. The predicted molar refractivity (Wildman–Crippen MR) is 77.5 cm³/mol. The maximum absolute atomic E-state index is 6.11. The first kappa shape index (κ1) is 14.8. The molecule has 2 heterocycles. The second-order valence-corrected chi connectivity index (χ2v) is 8.45. The molecule has 0 atom stereocenters. The molecule has 2 saturated heterocycles. The lowest BCUT2D eigenvalue weighted by Gasteiger charge is -2.52. The van der Waals surface area contributed by atoms with E-state index in [9.17, 15) is 0 Å². The summed E-state index contributed by atoms with van der Waals surface area (Å²) in [6, 6.07) is 0. The molecule has 0 N–H and O–H groups in total. The van der Waals surface area contributed by atoms with Crippen molar-refractivity contribution in [1.29, 1.82) is 0 Å². The Balaban J connectivity index is 1.57. The van der Waals surface area contributed by atoms with Crippen LogP contribution in [0.3, 0.4) is 0 Å². The zero-order valence-corrected chi connectivity index (χ0v) is 13.6. The quantitative estimate of drug-likeness (QED) is 0.693. The van der Waals surface area contributed by atoms with Crippen LogP contribution in [-0.2, 0) is 18.8 Å². The molecule has 2 aliphatic heterocycles. The van der Waals surface area contributed by atoms with Gasteiger partial charge in [0.15, 0.2) is 5.79 Å². The number of rotatable bonds is 1. The van der Waals surface area contributed by atoms with E-state index in [1.807, 2.05) is 0 Å². The topological polar surface area (TPSA) is 36.9 Å². The summed E-state index contributed by atoms with van der Waals surface area (Å²) < 4.78 is 24.2. The average molecular weight is 282 g/mol. The highest BCUT2D eigenvalue weighted by Gasteiger charge is 2.61. The minimum atomic E-state index is -0.371. The molecule has 1 aliphatic carbocycles. The summed E-state index contributed by atoms with van der Waals surface area (Å²) in [7, 11) is -0.132. The van der Waals surface area contributed by atoms with Crippen LogP contribution in [0.4, 0.5) is 0 Å². The van der Waals surface area contributed by atoms with Crippen LogP contribution in [0.25, 0.3) is 0 Å². The molecule has 3 fully saturated rings. The molecule has 0 aromatic rings. The maximum atomic E-state index is 6.11. The predicted octanol–water partition coefficient (Wildman–Crippen LogP) is 3.01. The molecule has 0 aromatic heterocycles. The molecular formula is C15H27BO4. The molecule has 3 rings (SSSR count). The minimum absolute atomic E-state index is 0.126. The first-order chi connectivity index (χ1) is 9.04. The van der Waals surface area contributed by atoms with Gasteiger partial charge in [0, 0.05) is 24.1 Å². The van der Waals surface area contributed by atoms with Crippen molar-refractivity contribution >= 4 is 7.12 Å². The van der Waals surface area contributed by atoms with Gasteiger partial charge in [0.2, 0.25) is 0 Å². The zero-order valence-electron chi connectivity index (χ0n) is 13.6. The molecule has 0 unspecified atom stereocenters. The van der Waals surface area contributed by atoms with Crippen molar-refractivity contribution in [2.75, 3.05) is 13.2 Å². The van der Waals surface area contributed by atoms with E-state index in [4.69, 9.17) is 18.8 Å². The van der Waals surface area contributed by atoms with Crippen LogP contribution in [0, 0.1) is 5.41 Å². The summed E-state index contributed by atoms with van der Waals surface area (Å²) in [5.74, 6) is 0.00122. The summed E-state index contributed by atoms with van der Waals surface area (Å²) in [6.45, 7) is 14.3. The van der Waals surface area contributed by atoms with E-state index < -0.39 is 0 Å². The smallest absolute Gasteiger partial charge is 0.403 e. The van der Waals surface area contributed by atoms with Crippen molar-refractivity contribution in [1.82, 2.24) is 0 Å². The molecule has 114 valence electrons. The van der Waals surface area contributed by atoms with E-state index in [1.165, 1.54) is 0 Å². The van der Waals surface area contributed by atoms with Crippen LogP contribution >= 0.6 is 0 Å². The molecular weight excluding hydrogens is 255 g/mol. The summed E-state index contributed by atoms with van der Waals surface area (Å²) >= 11 is 0. The van der Waals surface area contributed by atoms with Gasteiger partial charge in [0.05, 0.1) is 24.4 Å². The fourth-order valence-corrected chi connectivity index (χ4v) is 2.99. The zero-order chi connectivity index (χ0) is 14.8. The third kappa shape index (κ3) is 2.33. The third-order valence-corrected chi connectivity index (χ3v) is 5.25. The normalized spacial score (nSPS) is 34.2. The second-order valence-electron chi connectivity index (χ2n) is 8.45. The summed E-state index contributed by atoms with van der Waals surface area (Å²) in [4.78, 5) is 0. The third-order valence-electron chi connectivity index (χ3n) is 5.25. The number of ether oxygens (including phenoxy) is 2. The van der Waals surface area contributed by atoms with Crippen LogP contribution < -0.4 is 0 Å². The van der Waals surface area contributed by atoms with Crippen molar-refractivity contribution in [2.24, 2.45) is 5.41 Å². The summed E-state index contributed by atoms with van der Waals surface area (Å²) in [5.41, 5.74) is -0.381. The first-order valence-electron chi connectivity index (χ1n) is 7.68. The van der Waals surface area contributed by atoms with Gasteiger partial charge in [-0.2, -0.15) is 0 Å². The molecule has 1 spiro atoms. The monoisotopic (exact) mass is 282 g/mol. The highest BCUT2D eigenvalue weighted by molar-refractivity contribution is 6.47. The van der Waals surface area contributed by atoms with Gasteiger partial charge in [-0.1, -0.05) is 13.8 Å². The largest absolute Gasteiger partial charge is 0.461 e. The lowest BCUT2D eigenvalue weighted by Crippen LogP contribution is -2.56. The first-order valence-corrected chi connectivity index (χ1v) is 7.68. The average Bonchev–Trinajstić information content (AvgIpc) is 2.45. The van der Waals surface area contributed by atoms with Crippen molar-refractivity contribution in [3.05, 3.63) is 0 Å². The van der Waals surface area contributed by atoms with Crippen LogP contribution in [0.2, 0.25) is 5.82 Å². The van der Waals surface area contributed by atoms with Gasteiger partial charge in [-0.05, 0) is 27.7 Å². The Labute approximate surface area is 122 Å². The Hall–Kier alpha value is -0.0951. The summed E-state index contributed by atoms with van der Waals surface area (Å²) in [6.07, 6.45) is 1.75. The Kier molecular flexibility index (Phi) is 3.13. The molecule has 0 amide bonds. The van der Waals surface area contributed by atoms with Gasteiger partial charge in [-0.15, -0.1) is 0 Å². The molecule has 5 heteroatoms. The Morgan fingerprint density at radius 2 is 1.25 bits per heavy atom. The van der Waals surface area contributed by atoms with E-state index in [2.05, 4.69) is 41.5 Å². The molecule has 0 radical (unpaired) electrons. The van der Waals surface area contributed by atoms with E-state index in [0.717, 1.165) is 26.1 Å². The van der Waals surface area contributed by atoms with E-state index in [0.29, 0.717) is 5.82 Å². The number of hydrogen-bond donors (Lipinski definition) is 0. The van der Waals surface area contributed by atoms with E-state index in [-0.39, 0.29) is 29.5 Å². The SMILES string of the molecule is CC1(C)COC2(CC(B3OC(C)(C)C(C)(C)O3)C2)OC1. The van der Waals surface area contributed by atoms with Gasteiger partial charge in [-0.25, -0.2) is 0 Å². The molecule has 1 saturated carbocycles. The van der Waals surface area contributed by atoms with Gasteiger partial charge in [0.1, 0.15) is 0 Å². The molecule has 20 heavy (non-hydrogen) atoms. The fraction of sp³-hybridized carbons (Fsp3) is 1.00. The Morgan fingerprint density at radius 3 is 1.70 bits per heavy atom. The standard InChI is InChI=1S/C15H27BO4/c1-12(2)9-17-15(18-10-12)7-11(8-15)16-19-13(3,4)14(5,6)20-16/h11H,7-10H2,1-6H3. The molecule has 4 nitrogen and oxygen atoms in total. The highest BCUT2D eigenvalue weighted by Crippen LogP contribution is 2.54. The van der Waals surface area contributed by atoms with E-state index in [1.54, 1.807) is 0 Å². The molecule has 0 bridgehead atoms. The van der Waals surface area contributed by atoms with Gasteiger partial charge in [-0.3, -0.25) is 0 Å². The lowest BCUT2D eigenvalue weighted by molar-refractivity contribution is -0.331. The van der Waals surface area contributed by atoms with Crippen molar-refractivity contribution in [3.8, 4) is 0 Å². The Bertz CT molecular complexity index is 371. The van der Waals surface area contributed by atoms with Gasteiger partial charge < -0.3 is 18.8 Å². The van der Waals surface area contributed by atoms with Crippen LogP contribution in [0.5, 0.6) is 0 Å². The van der Waals surface area contributed by atoms with Gasteiger partial charge in [0.25, 0.3) is 0 Å². The molecule has 3 aliphatic rings. The van der Waals surface area contributed by atoms with Crippen molar-refractivity contribution in [3.63, 3.8) is 0 Å². The van der Waals surface area contributed by atoms with Crippen LogP contribution in [0.15, 0.2) is 0 Å². The lowest BCUT2D eigenvalue weighted by atomic mass is 9.57. The minimum Gasteiger partial charge on any atom is -0.403 e. The van der Waals surface area contributed by atoms with Crippen LogP contribution in [0.1, 0.15) is 54.4 Å². The Morgan fingerprint density at radius 1 is 0.800 bits per heavy atom. The van der Waals surface area contributed by atoms with E-state index >= 15 is 0 Å². The van der Waals surface area contributed by atoms with Crippen molar-refractivity contribution in [2.45, 2.75) is 77.2 Å². The second kappa shape index (κ2) is 4.22. The fourth-order valence-electron chi connectivity index (χ4n) is 2.99. The van der Waals surface area contributed by atoms with Crippen LogP contribution in [-0.4, -0.2) is 37.3 Å². The number of hydrogen-bond acceptors (Lipinski definition) is 4. The van der Waals surface area contributed by atoms with Crippen molar-refractivity contribution < 1.29 is 18.8 Å².